The zero-order valence-electron chi connectivity index (χ0n) is 12.8. The van der Waals surface area contributed by atoms with Crippen LogP contribution in [0.1, 0.15) is 57.8 Å². The van der Waals surface area contributed by atoms with Crippen LogP contribution in [-0.4, -0.2) is 18.0 Å². The summed E-state index contributed by atoms with van der Waals surface area (Å²) < 4.78 is 11.3. The van der Waals surface area contributed by atoms with Gasteiger partial charge in [0.1, 0.15) is 11.5 Å². The van der Waals surface area contributed by atoms with Crippen LogP contribution in [0.4, 0.5) is 0 Å². The third kappa shape index (κ3) is 4.71. The van der Waals surface area contributed by atoms with E-state index in [0.29, 0.717) is 28.5 Å². The number of hydrogen-bond donors (Lipinski definition) is 0. The average Bonchev–Trinajstić information content (AvgIpc) is 2.31. The molecule has 0 amide bonds. The van der Waals surface area contributed by atoms with E-state index >= 15 is 0 Å². The Kier molecular flexibility index (Phi) is 6.34. The summed E-state index contributed by atoms with van der Waals surface area (Å²) in [5, 5.41) is 0.461. The second-order valence-corrected chi connectivity index (χ2v) is 5.69. The van der Waals surface area contributed by atoms with Gasteiger partial charge in [-0.15, -0.1) is 0 Å². The van der Waals surface area contributed by atoms with Gasteiger partial charge in [-0.3, -0.25) is 4.79 Å². The monoisotopic (exact) mass is 298 g/mol. The molecule has 0 aliphatic rings. The lowest BCUT2D eigenvalue weighted by atomic mass is 10.1. The maximum atomic E-state index is 12.2. The third-order valence-electron chi connectivity index (χ3n) is 2.54. The molecule has 1 aromatic rings. The van der Waals surface area contributed by atoms with Crippen molar-refractivity contribution in [3.63, 3.8) is 0 Å². The van der Waals surface area contributed by atoms with Crippen molar-refractivity contribution in [2.45, 2.75) is 59.7 Å². The van der Waals surface area contributed by atoms with Crippen LogP contribution in [0.5, 0.6) is 11.5 Å². The second kappa shape index (κ2) is 7.53. The van der Waals surface area contributed by atoms with Crippen molar-refractivity contribution >= 4 is 17.4 Å². The predicted molar refractivity (Wildman–Crippen MR) is 82.2 cm³/mol. The topological polar surface area (TPSA) is 35.5 Å². The lowest BCUT2D eigenvalue weighted by molar-refractivity contribution is 0.0975. The van der Waals surface area contributed by atoms with Gasteiger partial charge in [0.2, 0.25) is 0 Å². The zero-order chi connectivity index (χ0) is 15.3. The Bertz CT molecular complexity index is 467. The summed E-state index contributed by atoms with van der Waals surface area (Å²) in [6, 6.07) is 3.36. The molecule has 0 aromatic heterocycles. The largest absolute Gasteiger partial charge is 0.490 e. The molecule has 112 valence electrons. The highest BCUT2D eigenvalue weighted by Gasteiger charge is 2.18. The van der Waals surface area contributed by atoms with Gasteiger partial charge >= 0.3 is 0 Å². The van der Waals surface area contributed by atoms with Crippen molar-refractivity contribution in [1.82, 2.24) is 0 Å². The number of hydrogen-bond acceptors (Lipinski definition) is 3. The molecule has 0 bridgehead atoms. The van der Waals surface area contributed by atoms with E-state index in [1.807, 2.05) is 34.6 Å². The fourth-order valence-electron chi connectivity index (χ4n) is 1.81. The molecule has 0 atom stereocenters. The molecular formula is C16H23ClO3. The lowest BCUT2D eigenvalue weighted by Crippen LogP contribution is -2.12. The molecule has 0 radical (unpaired) electrons. The number of benzene rings is 1. The Morgan fingerprint density at radius 2 is 1.65 bits per heavy atom. The summed E-state index contributed by atoms with van der Waals surface area (Å²) in [5.74, 6) is 1.10. The average molecular weight is 299 g/mol. The maximum absolute atomic E-state index is 12.2. The van der Waals surface area contributed by atoms with Gasteiger partial charge < -0.3 is 9.47 Å². The van der Waals surface area contributed by atoms with Gasteiger partial charge in [-0.1, -0.05) is 18.5 Å². The highest BCUT2D eigenvalue weighted by Crippen LogP contribution is 2.34. The first-order valence-electron chi connectivity index (χ1n) is 7.05. The summed E-state index contributed by atoms with van der Waals surface area (Å²) >= 11 is 6.19. The Balaban J connectivity index is 3.22. The van der Waals surface area contributed by atoms with Gasteiger partial charge in [-0.05, 0) is 40.2 Å². The van der Waals surface area contributed by atoms with Gasteiger partial charge in [-0.25, -0.2) is 0 Å². The van der Waals surface area contributed by atoms with Crippen LogP contribution in [0, 0.1) is 0 Å². The Morgan fingerprint density at radius 3 is 2.15 bits per heavy atom. The lowest BCUT2D eigenvalue weighted by Gasteiger charge is -2.17. The minimum atomic E-state index is -0.0175. The van der Waals surface area contributed by atoms with Crippen LogP contribution in [0.25, 0.3) is 0 Å². The highest BCUT2D eigenvalue weighted by atomic mass is 35.5. The van der Waals surface area contributed by atoms with E-state index in [1.54, 1.807) is 12.1 Å². The molecule has 0 aliphatic heterocycles. The summed E-state index contributed by atoms with van der Waals surface area (Å²) in [5.41, 5.74) is 0.542. The van der Waals surface area contributed by atoms with E-state index in [0.717, 1.165) is 6.42 Å². The Hall–Kier alpha value is -1.22. The molecule has 0 spiro atoms. The standard InChI is InChI=1S/C16H23ClO3/c1-6-7-14(18)12-8-16(20-11(4)5)13(17)9-15(12)19-10(2)3/h8-11H,6-7H2,1-5H3. The summed E-state index contributed by atoms with van der Waals surface area (Å²) in [7, 11) is 0. The fourth-order valence-corrected chi connectivity index (χ4v) is 2.01. The smallest absolute Gasteiger partial charge is 0.166 e. The summed E-state index contributed by atoms with van der Waals surface area (Å²) in [6.45, 7) is 9.65. The van der Waals surface area contributed by atoms with E-state index in [1.165, 1.54) is 0 Å². The molecule has 1 aromatic carbocycles. The van der Waals surface area contributed by atoms with E-state index < -0.39 is 0 Å². The molecule has 0 unspecified atom stereocenters. The molecule has 4 heteroatoms. The second-order valence-electron chi connectivity index (χ2n) is 5.29. The molecule has 3 nitrogen and oxygen atoms in total. The molecule has 1 rings (SSSR count). The maximum Gasteiger partial charge on any atom is 0.166 e. The van der Waals surface area contributed by atoms with Crippen LogP contribution in [0.15, 0.2) is 12.1 Å². The third-order valence-corrected chi connectivity index (χ3v) is 2.83. The van der Waals surface area contributed by atoms with Gasteiger partial charge in [0.25, 0.3) is 0 Å². The van der Waals surface area contributed by atoms with Crippen LogP contribution >= 0.6 is 11.6 Å². The number of rotatable bonds is 7. The first-order chi connectivity index (χ1) is 9.35. The molecule has 0 aliphatic carbocycles. The summed E-state index contributed by atoms with van der Waals surface area (Å²) in [6.07, 6.45) is 1.26. The van der Waals surface area contributed by atoms with Crippen molar-refractivity contribution in [3.8, 4) is 11.5 Å². The first kappa shape index (κ1) is 16.8. The summed E-state index contributed by atoms with van der Waals surface area (Å²) in [4.78, 5) is 12.2. The molecule has 20 heavy (non-hydrogen) atoms. The van der Waals surface area contributed by atoms with E-state index in [4.69, 9.17) is 21.1 Å². The number of carbonyl (C=O) groups is 1. The van der Waals surface area contributed by atoms with Gasteiger partial charge in [0, 0.05) is 12.5 Å². The molecule has 0 saturated carbocycles. The highest BCUT2D eigenvalue weighted by molar-refractivity contribution is 6.32. The molecule has 0 heterocycles. The van der Waals surface area contributed by atoms with Gasteiger partial charge in [0.15, 0.2) is 5.78 Å². The van der Waals surface area contributed by atoms with Gasteiger partial charge in [0.05, 0.1) is 22.8 Å². The van der Waals surface area contributed by atoms with Crippen molar-refractivity contribution < 1.29 is 14.3 Å². The molecule has 0 N–H and O–H groups in total. The number of halogens is 1. The minimum Gasteiger partial charge on any atom is -0.490 e. The first-order valence-corrected chi connectivity index (χ1v) is 7.43. The van der Waals surface area contributed by atoms with Crippen LogP contribution < -0.4 is 9.47 Å². The SMILES string of the molecule is CCCC(=O)c1cc(OC(C)C)c(Cl)cc1OC(C)C. The Morgan fingerprint density at radius 1 is 1.10 bits per heavy atom. The number of Topliss-reactive ketones (excluding diaryl/α,β-unsaturated/α-hetero) is 1. The molecule has 0 fully saturated rings. The van der Waals surface area contributed by atoms with E-state index in [9.17, 15) is 4.79 Å². The zero-order valence-corrected chi connectivity index (χ0v) is 13.6. The number of ketones is 1. The van der Waals surface area contributed by atoms with Crippen LogP contribution in [-0.2, 0) is 0 Å². The predicted octanol–water partition coefficient (Wildman–Crippen LogP) is 4.90. The van der Waals surface area contributed by atoms with E-state index in [-0.39, 0.29) is 18.0 Å². The van der Waals surface area contributed by atoms with Crippen LogP contribution in [0.2, 0.25) is 5.02 Å². The van der Waals surface area contributed by atoms with Crippen molar-refractivity contribution in [3.05, 3.63) is 22.7 Å². The fraction of sp³-hybridized carbons (Fsp3) is 0.562. The quantitative estimate of drug-likeness (QED) is 0.672. The Labute approximate surface area is 126 Å². The van der Waals surface area contributed by atoms with Crippen LogP contribution in [0.3, 0.4) is 0 Å². The normalized spacial score (nSPS) is 11.0. The van der Waals surface area contributed by atoms with Crippen molar-refractivity contribution in [1.29, 1.82) is 0 Å². The molecule has 0 saturated heterocycles. The van der Waals surface area contributed by atoms with Crippen molar-refractivity contribution in [2.24, 2.45) is 0 Å². The number of ether oxygens (including phenoxy) is 2. The number of carbonyl (C=O) groups excluding carboxylic acids is 1. The molecular weight excluding hydrogens is 276 g/mol. The van der Waals surface area contributed by atoms with Crippen molar-refractivity contribution in [2.75, 3.05) is 0 Å². The van der Waals surface area contributed by atoms with E-state index in [2.05, 4.69) is 0 Å². The minimum absolute atomic E-state index is 0.00139. The van der Waals surface area contributed by atoms with Gasteiger partial charge in [-0.2, -0.15) is 0 Å².